The summed E-state index contributed by atoms with van der Waals surface area (Å²) in [7, 11) is 0. The zero-order chi connectivity index (χ0) is 13.0. The van der Waals surface area contributed by atoms with E-state index >= 15 is 0 Å². The summed E-state index contributed by atoms with van der Waals surface area (Å²) < 4.78 is 0. The van der Waals surface area contributed by atoms with Gasteiger partial charge in [-0.15, -0.1) is 5.10 Å². The van der Waals surface area contributed by atoms with Crippen molar-refractivity contribution in [1.82, 2.24) is 15.1 Å². The molecule has 1 aromatic heterocycles. The number of likely N-dealkylation sites (N-methyl/N-ethyl adjacent to an activating group) is 1. The molecule has 2 rings (SSSR count). The number of rotatable bonds is 3. The van der Waals surface area contributed by atoms with Crippen LogP contribution in [0, 0.1) is 0 Å². The van der Waals surface area contributed by atoms with Gasteiger partial charge in [-0.2, -0.15) is 5.10 Å². The zero-order valence-electron chi connectivity index (χ0n) is 10.5. The summed E-state index contributed by atoms with van der Waals surface area (Å²) in [6.07, 6.45) is 1.54. The van der Waals surface area contributed by atoms with Gasteiger partial charge in [-0.25, -0.2) is 0 Å². The van der Waals surface area contributed by atoms with Gasteiger partial charge in [0.25, 0.3) is 0 Å². The maximum Gasteiger partial charge on any atom is 0.173 e. The largest absolute Gasteiger partial charge is 0.409 e. The summed E-state index contributed by atoms with van der Waals surface area (Å²) in [6.45, 7) is 6.93. The Morgan fingerprint density at radius 1 is 1.44 bits per heavy atom. The van der Waals surface area contributed by atoms with Gasteiger partial charge in [-0.05, 0) is 12.6 Å². The van der Waals surface area contributed by atoms with Gasteiger partial charge in [0.1, 0.15) is 0 Å². The number of nitrogens with two attached hydrogens (primary N) is 1. The summed E-state index contributed by atoms with van der Waals surface area (Å²) in [6, 6.07) is 1.71. The minimum absolute atomic E-state index is 0.0674. The molecule has 0 amide bonds. The van der Waals surface area contributed by atoms with Crippen LogP contribution in [0.1, 0.15) is 12.5 Å². The van der Waals surface area contributed by atoms with Gasteiger partial charge in [-0.1, -0.05) is 12.1 Å². The Balaban J connectivity index is 2.19. The molecule has 1 saturated heterocycles. The predicted molar refractivity (Wildman–Crippen MR) is 68.9 cm³/mol. The molecule has 1 aromatic rings. The number of oxime groups is 1. The van der Waals surface area contributed by atoms with Crippen LogP contribution in [0.15, 0.2) is 17.4 Å². The first kappa shape index (κ1) is 12.6. The first-order chi connectivity index (χ1) is 8.76. The van der Waals surface area contributed by atoms with Crippen LogP contribution in [0.4, 0.5) is 5.82 Å². The number of hydrogen-bond acceptors (Lipinski definition) is 6. The van der Waals surface area contributed by atoms with E-state index in [0.717, 1.165) is 32.7 Å². The summed E-state index contributed by atoms with van der Waals surface area (Å²) >= 11 is 0. The molecule has 0 radical (unpaired) electrons. The Labute approximate surface area is 106 Å². The standard InChI is InChI=1S/C11H18N6O/c1-2-16-5-7-17(8-6-16)11-9(10(12)15-18)3-4-13-14-11/h3-4,18H,2,5-8H2,1H3,(H2,12,15). The average molecular weight is 250 g/mol. The van der Waals surface area contributed by atoms with Crippen molar-refractivity contribution in [1.29, 1.82) is 0 Å². The van der Waals surface area contributed by atoms with E-state index in [1.54, 1.807) is 12.3 Å². The van der Waals surface area contributed by atoms with Crippen molar-refractivity contribution in [3.8, 4) is 0 Å². The molecule has 3 N–H and O–H groups in total. The molecule has 0 spiro atoms. The molecule has 2 heterocycles. The Morgan fingerprint density at radius 2 is 2.17 bits per heavy atom. The van der Waals surface area contributed by atoms with Gasteiger partial charge in [0.15, 0.2) is 11.7 Å². The SMILES string of the molecule is CCN1CCN(c2nnccc2/C(N)=N/O)CC1. The average Bonchev–Trinajstić information content (AvgIpc) is 2.46. The molecule has 18 heavy (non-hydrogen) atoms. The molecule has 0 aliphatic carbocycles. The van der Waals surface area contributed by atoms with Crippen LogP contribution < -0.4 is 10.6 Å². The molecule has 7 nitrogen and oxygen atoms in total. The lowest BCUT2D eigenvalue weighted by atomic mass is 10.2. The van der Waals surface area contributed by atoms with E-state index in [9.17, 15) is 0 Å². The molecular weight excluding hydrogens is 232 g/mol. The van der Waals surface area contributed by atoms with Crippen LogP contribution in [0.2, 0.25) is 0 Å². The molecule has 7 heteroatoms. The Kier molecular flexibility index (Phi) is 3.93. The third-order valence-corrected chi connectivity index (χ3v) is 3.20. The smallest absolute Gasteiger partial charge is 0.173 e. The van der Waals surface area contributed by atoms with Crippen molar-refractivity contribution in [2.24, 2.45) is 10.9 Å². The van der Waals surface area contributed by atoms with E-state index in [4.69, 9.17) is 10.9 Å². The number of aromatic nitrogens is 2. The van der Waals surface area contributed by atoms with E-state index in [2.05, 4.69) is 32.1 Å². The molecule has 0 aromatic carbocycles. The summed E-state index contributed by atoms with van der Waals surface area (Å²) in [5.74, 6) is 0.751. The van der Waals surface area contributed by atoms with Gasteiger partial charge in [0.05, 0.1) is 11.8 Å². The van der Waals surface area contributed by atoms with Gasteiger partial charge in [-0.3, -0.25) is 0 Å². The number of hydrogen-bond donors (Lipinski definition) is 2. The highest BCUT2D eigenvalue weighted by molar-refractivity contribution is 6.01. The van der Waals surface area contributed by atoms with Gasteiger partial charge >= 0.3 is 0 Å². The quantitative estimate of drug-likeness (QED) is 0.332. The molecule has 0 saturated carbocycles. The zero-order valence-corrected chi connectivity index (χ0v) is 10.5. The van der Waals surface area contributed by atoms with Crippen molar-refractivity contribution in [3.05, 3.63) is 17.8 Å². The summed E-state index contributed by atoms with van der Waals surface area (Å²) in [5.41, 5.74) is 6.27. The van der Waals surface area contributed by atoms with Crippen LogP contribution >= 0.6 is 0 Å². The second-order valence-electron chi connectivity index (χ2n) is 4.18. The third-order valence-electron chi connectivity index (χ3n) is 3.20. The Hall–Kier alpha value is -1.89. The van der Waals surface area contributed by atoms with E-state index < -0.39 is 0 Å². The number of nitrogens with zero attached hydrogens (tertiary/aromatic N) is 5. The first-order valence-electron chi connectivity index (χ1n) is 6.03. The minimum Gasteiger partial charge on any atom is -0.409 e. The van der Waals surface area contributed by atoms with E-state index in [-0.39, 0.29) is 5.84 Å². The lowest BCUT2D eigenvalue weighted by Gasteiger charge is -2.35. The summed E-state index contributed by atoms with van der Waals surface area (Å²) in [4.78, 5) is 4.49. The molecule has 1 aliphatic heterocycles. The second-order valence-corrected chi connectivity index (χ2v) is 4.18. The lowest BCUT2D eigenvalue weighted by molar-refractivity contribution is 0.270. The number of anilines is 1. The van der Waals surface area contributed by atoms with Crippen LogP contribution in [0.3, 0.4) is 0 Å². The molecule has 1 fully saturated rings. The number of piperazine rings is 1. The lowest BCUT2D eigenvalue weighted by Crippen LogP contribution is -2.47. The molecule has 0 bridgehead atoms. The predicted octanol–water partition coefficient (Wildman–Crippen LogP) is -0.287. The van der Waals surface area contributed by atoms with Gasteiger partial charge in [0, 0.05) is 26.2 Å². The fourth-order valence-electron chi connectivity index (χ4n) is 2.09. The minimum atomic E-state index is 0.0674. The fourth-order valence-corrected chi connectivity index (χ4v) is 2.09. The van der Waals surface area contributed by atoms with E-state index in [1.165, 1.54) is 0 Å². The third kappa shape index (κ3) is 2.51. The van der Waals surface area contributed by atoms with Crippen LogP contribution in [0.5, 0.6) is 0 Å². The molecule has 0 unspecified atom stereocenters. The molecule has 1 aliphatic rings. The van der Waals surface area contributed by atoms with Crippen molar-refractivity contribution in [2.75, 3.05) is 37.6 Å². The van der Waals surface area contributed by atoms with Crippen molar-refractivity contribution < 1.29 is 5.21 Å². The highest BCUT2D eigenvalue weighted by Crippen LogP contribution is 2.17. The van der Waals surface area contributed by atoms with Crippen molar-refractivity contribution in [2.45, 2.75) is 6.92 Å². The molecule has 0 atom stereocenters. The van der Waals surface area contributed by atoms with Crippen LogP contribution in [-0.4, -0.2) is 58.9 Å². The summed E-state index contributed by atoms with van der Waals surface area (Å²) in [5, 5.41) is 19.8. The van der Waals surface area contributed by atoms with E-state index in [1.807, 2.05) is 0 Å². The Bertz CT molecular complexity index is 427. The van der Waals surface area contributed by atoms with Crippen molar-refractivity contribution in [3.63, 3.8) is 0 Å². The fraction of sp³-hybridized carbons (Fsp3) is 0.545. The highest BCUT2D eigenvalue weighted by Gasteiger charge is 2.20. The van der Waals surface area contributed by atoms with Crippen molar-refractivity contribution >= 4 is 11.7 Å². The van der Waals surface area contributed by atoms with E-state index in [0.29, 0.717) is 11.4 Å². The molecule has 98 valence electrons. The second kappa shape index (κ2) is 5.63. The van der Waals surface area contributed by atoms with Crippen LogP contribution in [0.25, 0.3) is 0 Å². The Morgan fingerprint density at radius 3 is 2.78 bits per heavy atom. The van der Waals surface area contributed by atoms with Gasteiger partial charge in [0.2, 0.25) is 0 Å². The topological polar surface area (TPSA) is 90.9 Å². The monoisotopic (exact) mass is 250 g/mol. The normalized spacial score (nSPS) is 18.1. The number of amidine groups is 1. The van der Waals surface area contributed by atoms with Crippen LogP contribution in [-0.2, 0) is 0 Å². The molecular formula is C11H18N6O. The van der Waals surface area contributed by atoms with Gasteiger partial charge < -0.3 is 20.7 Å². The highest BCUT2D eigenvalue weighted by atomic mass is 16.4. The maximum atomic E-state index is 8.78. The first-order valence-corrected chi connectivity index (χ1v) is 6.03. The maximum absolute atomic E-state index is 8.78.